The molecule has 2 heterocycles. The van der Waals surface area contributed by atoms with Crippen molar-refractivity contribution in [1.29, 1.82) is 0 Å². The van der Waals surface area contributed by atoms with Gasteiger partial charge in [0.15, 0.2) is 5.11 Å². The summed E-state index contributed by atoms with van der Waals surface area (Å²) in [6.45, 7) is 5.94. The molecule has 2 aromatic carbocycles. The lowest BCUT2D eigenvalue weighted by molar-refractivity contribution is -0.122. The molecule has 5 nitrogen and oxygen atoms in total. The molecule has 0 bridgehead atoms. The molecule has 1 N–H and O–H groups in total. The molecular formula is C24H18ClFIN3O2S. The van der Waals surface area contributed by atoms with Crippen LogP contribution >= 0.6 is 46.4 Å². The number of anilines is 1. The number of nitrogens with one attached hydrogen (secondary N) is 1. The fourth-order valence-corrected chi connectivity index (χ4v) is 4.56. The van der Waals surface area contributed by atoms with E-state index < -0.39 is 17.6 Å². The maximum Gasteiger partial charge on any atom is 0.270 e. The molecule has 1 aliphatic rings. The number of carbonyl (C=O) groups is 2. The molecule has 4 rings (SSSR count). The number of carbonyl (C=O) groups excluding carboxylic acids is 2. The first-order valence-corrected chi connectivity index (χ1v) is 11.8. The first kappa shape index (κ1) is 23.6. The first-order chi connectivity index (χ1) is 15.6. The topological polar surface area (TPSA) is 54.3 Å². The number of hydrogen-bond donors (Lipinski definition) is 1. The molecule has 33 heavy (non-hydrogen) atoms. The third-order valence-corrected chi connectivity index (χ3v) is 7.22. The summed E-state index contributed by atoms with van der Waals surface area (Å²) < 4.78 is 16.8. The molecule has 1 saturated heterocycles. The van der Waals surface area contributed by atoms with E-state index in [0.29, 0.717) is 0 Å². The van der Waals surface area contributed by atoms with Gasteiger partial charge in [-0.3, -0.25) is 19.8 Å². The summed E-state index contributed by atoms with van der Waals surface area (Å²) in [5, 5.41) is 2.29. The average molecular weight is 594 g/mol. The molecule has 1 aliphatic heterocycles. The van der Waals surface area contributed by atoms with E-state index >= 15 is 0 Å². The van der Waals surface area contributed by atoms with Gasteiger partial charge < -0.3 is 4.57 Å². The Morgan fingerprint density at radius 2 is 1.76 bits per heavy atom. The molecule has 2 amide bonds. The Kier molecular flexibility index (Phi) is 6.43. The number of nitrogens with zero attached hydrogens (tertiary/aromatic N) is 2. The van der Waals surface area contributed by atoms with Gasteiger partial charge in [-0.2, -0.15) is 0 Å². The Hall–Kier alpha value is -2.56. The number of benzene rings is 2. The van der Waals surface area contributed by atoms with Crippen LogP contribution in [-0.2, 0) is 9.59 Å². The second-order valence-electron chi connectivity index (χ2n) is 7.65. The predicted octanol–water partition coefficient (Wildman–Crippen LogP) is 5.63. The van der Waals surface area contributed by atoms with E-state index in [-0.39, 0.29) is 21.4 Å². The molecule has 168 valence electrons. The van der Waals surface area contributed by atoms with E-state index in [1.807, 2.05) is 39.0 Å². The van der Waals surface area contributed by atoms with E-state index in [2.05, 4.69) is 38.5 Å². The number of aryl methyl sites for hydroxylation is 2. The van der Waals surface area contributed by atoms with E-state index in [4.69, 9.17) is 23.8 Å². The van der Waals surface area contributed by atoms with E-state index in [9.17, 15) is 14.0 Å². The summed E-state index contributed by atoms with van der Waals surface area (Å²) in [5.41, 5.74) is 4.91. The van der Waals surface area contributed by atoms with Crippen LogP contribution in [0.2, 0.25) is 5.02 Å². The Labute approximate surface area is 214 Å². The second-order valence-corrected chi connectivity index (χ2v) is 9.61. The molecule has 0 aliphatic carbocycles. The zero-order valence-electron chi connectivity index (χ0n) is 17.9. The van der Waals surface area contributed by atoms with E-state index in [1.54, 1.807) is 6.08 Å². The highest BCUT2D eigenvalue weighted by Gasteiger charge is 2.35. The van der Waals surface area contributed by atoms with Gasteiger partial charge in [0.05, 0.1) is 10.7 Å². The van der Waals surface area contributed by atoms with Crippen LogP contribution in [0.3, 0.4) is 0 Å². The van der Waals surface area contributed by atoms with Crippen LogP contribution in [0.15, 0.2) is 48.0 Å². The summed E-state index contributed by atoms with van der Waals surface area (Å²) in [7, 11) is 0. The SMILES string of the molecule is Cc1cc(-n2c(C)cc(/C=C3/C(=O)NC(=S)N(c4ccc(F)c(Cl)c4)C3=O)c2C)ccc1I. The number of aromatic nitrogens is 1. The molecule has 3 aromatic rings. The van der Waals surface area contributed by atoms with Gasteiger partial charge in [-0.05, 0) is 115 Å². The van der Waals surface area contributed by atoms with Gasteiger partial charge in [0.2, 0.25) is 0 Å². The van der Waals surface area contributed by atoms with Crippen LogP contribution in [0.1, 0.15) is 22.5 Å². The number of rotatable bonds is 3. The van der Waals surface area contributed by atoms with Crippen LogP contribution in [0.4, 0.5) is 10.1 Å². The Balaban J connectivity index is 1.77. The maximum atomic E-state index is 13.6. The fourth-order valence-electron chi connectivity index (χ4n) is 3.77. The van der Waals surface area contributed by atoms with Crippen molar-refractivity contribution in [3.05, 3.63) is 85.0 Å². The fraction of sp³-hybridized carbons (Fsp3) is 0.125. The third-order valence-electron chi connectivity index (χ3n) is 5.43. The van der Waals surface area contributed by atoms with Crippen LogP contribution in [0.5, 0.6) is 0 Å². The Bertz CT molecular complexity index is 1380. The van der Waals surface area contributed by atoms with Crippen molar-refractivity contribution >= 4 is 75.1 Å². The minimum atomic E-state index is -0.617. The molecule has 0 saturated carbocycles. The summed E-state index contributed by atoms with van der Waals surface area (Å²) >= 11 is 13.4. The highest BCUT2D eigenvalue weighted by Crippen LogP contribution is 2.28. The van der Waals surface area contributed by atoms with Crippen molar-refractivity contribution in [3.8, 4) is 5.69 Å². The van der Waals surface area contributed by atoms with Crippen LogP contribution in [-0.4, -0.2) is 21.5 Å². The van der Waals surface area contributed by atoms with Crippen LogP contribution < -0.4 is 10.2 Å². The smallest absolute Gasteiger partial charge is 0.270 e. The van der Waals surface area contributed by atoms with Crippen molar-refractivity contribution in [2.75, 3.05) is 4.90 Å². The van der Waals surface area contributed by atoms with E-state index in [0.717, 1.165) is 39.2 Å². The number of halogens is 3. The van der Waals surface area contributed by atoms with Gasteiger partial charge in [-0.15, -0.1) is 0 Å². The van der Waals surface area contributed by atoms with Crippen LogP contribution in [0.25, 0.3) is 11.8 Å². The molecule has 9 heteroatoms. The molecule has 0 radical (unpaired) electrons. The van der Waals surface area contributed by atoms with Crippen molar-refractivity contribution in [1.82, 2.24) is 9.88 Å². The third kappa shape index (κ3) is 4.34. The van der Waals surface area contributed by atoms with Gasteiger partial charge in [0.1, 0.15) is 11.4 Å². The summed E-state index contributed by atoms with van der Waals surface area (Å²) in [5.74, 6) is -1.82. The summed E-state index contributed by atoms with van der Waals surface area (Å²) in [6, 6.07) is 11.9. The minimum Gasteiger partial charge on any atom is -0.318 e. The second kappa shape index (κ2) is 9.00. The zero-order valence-corrected chi connectivity index (χ0v) is 21.6. The predicted molar refractivity (Wildman–Crippen MR) is 140 cm³/mol. The molecule has 0 unspecified atom stereocenters. The van der Waals surface area contributed by atoms with Crippen molar-refractivity contribution < 1.29 is 14.0 Å². The van der Waals surface area contributed by atoms with Crippen molar-refractivity contribution in [2.45, 2.75) is 20.8 Å². The molecule has 0 spiro atoms. The standard InChI is InChI=1S/C24H18ClFIN3O2S/c1-12-8-16(5-7-21(12)27)29-13(2)9-15(14(29)3)10-18-22(31)28-24(33)30(23(18)32)17-4-6-20(26)19(25)11-17/h4-11H,1-3H3,(H,28,31,33)/b18-10-. The molecule has 1 aromatic heterocycles. The number of thiocarbonyl (C=S) groups is 1. The normalized spacial score (nSPS) is 15.4. The first-order valence-electron chi connectivity index (χ1n) is 9.90. The van der Waals surface area contributed by atoms with Crippen molar-refractivity contribution in [3.63, 3.8) is 0 Å². The number of amides is 2. The minimum absolute atomic E-state index is 0.0805. The van der Waals surface area contributed by atoms with E-state index in [1.165, 1.54) is 15.7 Å². The average Bonchev–Trinajstić information content (AvgIpc) is 3.03. The van der Waals surface area contributed by atoms with Gasteiger partial charge in [0.25, 0.3) is 11.8 Å². The molecule has 0 atom stereocenters. The summed E-state index contributed by atoms with van der Waals surface area (Å²) in [6.07, 6.45) is 1.55. The quantitative estimate of drug-likeness (QED) is 0.185. The Morgan fingerprint density at radius 3 is 2.42 bits per heavy atom. The zero-order chi connectivity index (χ0) is 24.0. The van der Waals surface area contributed by atoms with Crippen molar-refractivity contribution in [2.24, 2.45) is 0 Å². The lowest BCUT2D eigenvalue weighted by Crippen LogP contribution is -2.54. The van der Waals surface area contributed by atoms with Gasteiger partial charge in [0, 0.05) is 20.6 Å². The monoisotopic (exact) mass is 593 g/mol. The largest absolute Gasteiger partial charge is 0.318 e. The summed E-state index contributed by atoms with van der Waals surface area (Å²) in [4.78, 5) is 27.1. The lowest BCUT2D eigenvalue weighted by atomic mass is 10.1. The number of hydrogen-bond acceptors (Lipinski definition) is 3. The molecular weight excluding hydrogens is 576 g/mol. The maximum absolute atomic E-state index is 13.6. The Morgan fingerprint density at radius 1 is 1.06 bits per heavy atom. The van der Waals surface area contributed by atoms with Gasteiger partial charge in [-0.1, -0.05) is 11.6 Å². The van der Waals surface area contributed by atoms with Crippen LogP contribution in [0, 0.1) is 30.2 Å². The molecule has 1 fully saturated rings. The highest BCUT2D eigenvalue weighted by atomic mass is 127. The lowest BCUT2D eigenvalue weighted by Gasteiger charge is -2.29. The van der Waals surface area contributed by atoms with Gasteiger partial charge in [-0.25, -0.2) is 4.39 Å². The highest BCUT2D eigenvalue weighted by molar-refractivity contribution is 14.1. The van der Waals surface area contributed by atoms with Gasteiger partial charge >= 0.3 is 0 Å².